The first-order valence-corrected chi connectivity index (χ1v) is 9.66. The molecular formula is C19H25N3OS. The predicted octanol–water partition coefficient (Wildman–Crippen LogP) is 4.01. The minimum Gasteiger partial charge on any atom is -0.352 e. The highest BCUT2D eigenvalue weighted by atomic mass is 32.2. The molecule has 24 heavy (non-hydrogen) atoms. The molecule has 1 aliphatic rings. The highest BCUT2D eigenvalue weighted by Gasteiger charge is 2.23. The first-order valence-electron chi connectivity index (χ1n) is 8.67. The molecule has 1 aromatic heterocycles. The second-order valence-electron chi connectivity index (χ2n) is 6.51. The van der Waals surface area contributed by atoms with Crippen molar-refractivity contribution >= 4 is 28.7 Å². The molecule has 1 heterocycles. The first-order chi connectivity index (χ1) is 11.7. The van der Waals surface area contributed by atoms with E-state index in [-0.39, 0.29) is 5.91 Å². The Morgan fingerprint density at radius 3 is 3.00 bits per heavy atom. The lowest BCUT2D eigenvalue weighted by atomic mass is 9.86. The SMILES string of the molecule is C=CCn1c(SCC(=O)N[C@@H]2CCCC[C@@H]2C)nc2ccccc21. The molecule has 1 saturated carbocycles. The largest absolute Gasteiger partial charge is 0.352 e. The van der Waals surface area contributed by atoms with Crippen LogP contribution in [-0.2, 0) is 11.3 Å². The Labute approximate surface area is 147 Å². The fourth-order valence-electron chi connectivity index (χ4n) is 3.38. The number of para-hydroxylation sites is 2. The summed E-state index contributed by atoms with van der Waals surface area (Å²) < 4.78 is 2.11. The van der Waals surface area contributed by atoms with Gasteiger partial charge in [0.1, 0.15) is 0 Å². The summed E-state index contributed by atoms with van der Waals surface area (Å²) in [5, 5.41) is 4.08. The summed E-state index contributed by atoms with van der Waals surface area (Å²) in [4.78, 5) is 17.0. The van der Waals surface area contributed by atoms with Crippen LogP contribution in [0.15, 0.2) is 42.1 Å². The van der Waals surface area contributed by atoms with Crippen LogP contribution in [0.5, 0.6) is 0 Å². The summed E-state index contributed by atoms with van der Waals surface area (Å²) in [6.07, 6.45) is 6.69. The quantitative estimate of drug-likeness (QED) is 0.637. The number of amides is 1. The molecule has 128 valence electrons. The third-order valence-corrected chi connectivity index (χ3v) is 5.70. The Balaban J connectivity index is 1.65. The van der Waals surface area contributed by atoms with Gasteiger partial charge in [-0.25, -0.2) is 4.98 Å². The Bertz CT molecular complexity index is 724. The van der Waals surface area contributed by atoms with E-state index in [2.05, 4.69) is 34.4 Å². The van der Waals surface area contributed by atoms with Crippen LogP contribution < -0.4 is 5.32 Å². The first kappa shape index (κ1) is 17.1. The van der Waals surface area contributed by atoms with E-state index in [4.69, 9.17) is 0 Å². The molecule has 0 bridgehead atoms. The van der Waals surface area contributed by atoms with Crippen molar-refractivity contribution in [3.8, 4) is 0 Å². The number of imidazole rings is 1. The van der Waals surface area contributed by atoms with Gasteiger partial charge >= 0.3 is 0 Å². The molecule has 0 radical (unpaired) electrons. The number of allylic oxidation sites excluding steroid dienone is 1. The Hall–Kier alpha value is -1.75. The van der Waals surface area contributed by atoms with E-state index >= 15 is 0 Å². The monoisotopic (exact) mass is 343 g/mol. The maximum Gasteiger partial charge on any atom is 0.230 e. The van der Waals surface area contributed by atoms with Crippen molar-refractivity contribution in [2.45, 2.75) is 50.4 Å². The summed E-state index contributed by atoms with van der Waals surface area (Å²) in [5.74, 6) is 1.10. The minimum absolute atomic E-state index is 0.107. The van der Waals surface area contributed by atoms with E-state index < -0.39 is 0 Å². The lowest BCUT2D eigenvalue weighted by Gasteiger charge is -2.29. The van der Waals surface area contributed by atoms with Crippen molar-refractivity contribution in [2.75, 3.05) is 5.75 Å². The van der Waals surface area contributed by atoms with Crippen molar-refractivity contribution < 1.29 is 4.79 Å². The third kappa shape index (κ3) is 3.83. The average molecular weight is 343 g/mol. The van der Waals surface area contributed by atoms with Crippen LogP contribution in [0, 0.1) is 5.92 Å². The number of aromatic nitrogens is 2. The average Bonchev–Trinajstić information content (AvgIpc) is 2.93. The van der Waals surface area contributed by atoms with Crippen LogP contribution in [0.3, 0.4) is 0 Å². The molecule has 4 nitrogen and oxygen atoms in total. The summed E-state index contributed by atoms with van der Waals surface area (Å²) in [7, 11) is 0. The summed E-state index contributed by atoms with van der Waals surface area (Å²) in [6, 6.07) is 8.38. The van der Waals surface area contributed by atoms with Crippen LogP contribution in [-0.4, -0.2) is 27.3 Å². The second-order valence-corrected chi connectivity index (χ2v) is 7.45. The van der Waals surface area contributed by atoms with Gasteiger partial charge in [0.25, 0.3) is 0 Å². The van der Waals surface area contributed by atoms with Gasteiger partial charge in [-0.2, -0.15) is 0 Å². The molecule has 1 N–H and O–H groups in total. The van der Waals surface area contributed by atoms with Crippen LogP contribution in [0.25, 0.3) is 11.0 Å². The smallest absolute Gasteiger partial charge is 0.230 e. The molecule has 1 aliphatic carbocycles. The molecule has 0 unspecified atom stereocenters. The number of nitrogens with zero attached hydrogens (tertiary/aromatic N) is 2. The van der Waals surface area contributed by atoms with Gasteiger partial charge in [0, 0.05) is 12.6 Å². The Morgan fingerprint density at radius 2 is 2.21 bits per heavy atom. The van der Waals surface area contributed by atoms with Crippen molar-refractivity contribution in [1.29, 1.82) is 0 Å². The number of rotatable bonds is 6. The van der Waals surface area contributed by atoms with Gasteiger partial charge in [-0.1, -0.05) is 49.7 Å². The van der Waals surface area contributed by atoms with E-state index in [1.54, 1.807) is 0 Å². The lowest BCUT2D eigenvalue weighted by Crippen LogP contribution is -2.41. The van der Waals surface area contributed by atoms with E-state index in [0.717, 1.165) is 22.6 Å². The van der Waals surface area contributed by atoms with E-state index in [0.29, 0.717) is 24.3 Å². The number of carbonyl (C=O) groups is 1. The molecular weight excluding hydrogens is 318 g/mol. The van der Waals surface area contributed by atoms with Crippen LogP contribution in [0.1, 0.15) is 32.6 Å². The summed E-state index contributed by atoms with van der Waals surface area (Å²) in [5.41, 5.74) is 2.05. The number of nitrogens with one attached hydrogen (secondary N) is 1. The van der Waals surface area contributed by atoms with E-state index in [1.165, 1.54) is 31.0 Å². The summed E-state index contributed by atoms with van der Waals surface area (Å²) >= 11 is 1.50. The van der Waals surface area contributed by atoms with Gasteiger partial charge in [-0.3, -0.25) is 4.79 Å². The van der Waals surface area contributed by atoms with Crippen LogP contribution in [0.2, 0.25) is 0 Å². The maximum absolute atomic E-state index is 12.3. The summed E-state index contributed by atoms with van der Waals surface area (Å²) in [6.45, 7) is 6.76. The zero-order valence-corrected chi connectivity index (χ0v) is 15.0. The molecule has 5 heteroatoms. The standard InChI is InChI=1S/C19H25N3OS/c1-3-12-22-17-11-7-6-10-16(17)21-19(22)24-13-18(23)20-15-9-5-4-8-14(15)2/h3,6-7,10-11,14-15H,1,4-5,8-9,12-13H2,2H3,(H,20,23)/t14-,15+/m0/s1. The number of fused-ring (bicyclic) bond motifs is 1. The minimum atomic E-state index is 0.107. The molecule has 2 atom stereocenters. The fraction of sp³-hybridized carbons (Fsp3) is 0.474. The van der Waals surface area contributed by atoms with Gasteiger partial charge in [0.15, 0.2) is 5.16 Å². The van der Waals surface area contributed by atoms with Gasteiger partial charge in [0.2, 0.25) is 5.91 Å². The molecule has 0 saturated heterocycles. The van der Waals surface area contributed by atoms with Crippen molar-refractivity contribution in [3.63, 3.8) is 0 Å². The number of benzene rings is 1. The predicted molar refractivity (Wildman–Crippen MR) is 100 cm³/mol. The van der Waals surface area contributed by atoms with Gasteiger partial charge in [-0.05, 0) is 30.9 Å². The Kier molecular flexibility index (Phi) is 5.61. The molecule has 1 aromatic carbocycles. The van der Waals surface area contributed by atoms with Gasteiger partial charge in [-0.15, -0.1) is 6.58 Å². The fourth-order valence-corrected chi connectivity index (χ4v) is 4.21. The molecule has 0 spiro atoms. The lowest BCUT2D eigenvalue weighted by molar-refractivity contribution is -0.119. The number of hydrogen-bond acceptors (Lipinski definition) is 3. The van der Waals surface area contributed by atoms with Crippen molar-refractivity contribution in [3.05, 3.63) is 36.9 Å². The molecule has 3 rings (SSSR count). The van der Waals surface area contributed by atoms with Crippen molar-refractivity contribution in [1.82, 2.24) is 14.9 Å². The van der Waals surface area contributed by atoms with Crippen molar-refractivity contribution in [2.24, 2.45) is 5.92 Å². The van der Waals surface area contributed by atoms with E-state index in [9.17, 15) is 4.79 Å². The number of carbonyl (C=O) groups excluding carboxylic acids is 1. The van der Waals surface area contributed by atoms with Gasteiger partial charge < -0.3 is 9.88 Å². The normalized spacial score (nSPS) is 20.9. The molecule has 2 aromatic rings. The second kappa shape index (κ2) is 7.88. The zero-order chi connectivity index (χ0) is 16.9. The van der Waals surface area contributed by atoms with E-state index in [1.807, 2.05) is 24.3 Å². The molecule has 0 aliphatic heterocycles. The number of thioether (sulfide) groups is 1. The third-order valence-electron chi connectivity index (χ3n) is 4.72. The van der Waals surface area contributed by atoms with Crippen LogP contribution >= 0.6 is 11.8 Å². The zero-order valence-electron chi connectivity index (χ0n) is 14.2. The maximum atomic E-state index is 12.3. The highest BCUT2D eigenvalue weighted by Crippen LogP contribution is 2.26. The Morgan fingerprint density at radius 1 is 1.42 bits per heavy atom. The molecule has 1 fully saturated rings. The number of hydrogen-bond donors (Lipinski definition) is 1. The topological polar surface area (TPSA) is 46.9 Å². The van der Waals surface area contributed by atoms with Gasteiger partial charge in [0.05, 0.1) is 16.8 Å². The highest BCUT2D eigenvalue weighted by molar-refractivity contribution is 7.99. The van der Waals surface area contributed by atoms with Crippen LogP contribution in [0.4, 0.5) is 0 Å². The molecule has 1 amide bonds.